The Labute approximate surface area is 218 Å². The number of hydrogen-bond donors (Lipinski definition) is 2. The van der Waals surface area contributed by atoms with Crippen molar-refractivity contribution in [1.82, 2.24) is 10.2 Å². The summed E-state index contributed by atoms with van der Waals surface area (Å²) < 4.78 is 16.0. The van der Waals surface area contributed by atoms with E-state index in [0.29, 0.717) is 22.9 Å². The molecule has 1 aliphatic rings. The number of amides is 3. The van der Waals surface area contributed by atoms with Gasteiger partial charge in [0.1, 0.15) is 17.3 Å². The standard InChI is InChI=1S/C28H27N3O7/c1-16-7-8-19(12-17(16)2)30-26(33)25(32)29-14-21-10-9-20(38-21)13-23-24(28(35)36-4)18(3)31(27(23)34)15-22-6-5-11-37-22/h5-13H,14-15H2,1-4H3,(H,29,32)(H,30,33)/b23-13+. The molecule has 10 heteroatoms. The minimum atomic E-state index is -0.828. The molecule has 196 valence electrons. The third kappa shape index (κ3) is 5.59. The summed E-state index contributed by atoms with van der Waals surface area (Å²) in [4.78, 5) is 51.6. The molecule has 4 rings (SSSR count). The molecule has 0 aliphatic carbocycles. The zero-order chi connectivity index (χ0) is 27.4. The predicted octanol–water partition coefficient (Wildman–Crippen LogP) is 3.62. The molecule has 3 amide bonds. The Morgan fingerprint density at radius 1 is 1.00 bits per heavy atom. The number of methoxy groups -OCH3 is 1. The number of anilines is 1. The number of rotatable bonds is 7. The van der Waals surface area contributed by atoms with E-state index in [0.717, 1.165) is 11.1 Å². The molecule has 1 aliphatic heterocycles. The van der Waals surface area contributed by atoms with Gasteiger partial charge in [-0.15, -0.1) is 0 Å². The quantitative estimate of drug-likeness (QED) is 0.278. The van der Waals surface area contributed by atoms with Crippen LogP contribution in [0.2, 0.25) is 0 Å². The third-order valence-electron chi connectivity index (χ3n) is 6.16. The summed E-state index contributed by atoms with van der Waals surface area (Å²) in [6, 6.07) is 12.0. The summed E-state index contributed by atoms with van der Waals surface area (Å²) in [6.45, 7) is 5.61. The molecular weight excluding hydrogens is 490 g/mol. The molecule has 3 aromatic rings. The van der Waals surface area contributed by atoms with E-state index in [4.69, 9.17) is 13.6 Å². The van der Waals surface area contributed by atoms with Gasteiger partial charge in [-0.25, -0.2) is 4.79 Å². The van der Waals surface area contributed by atoms with Gasteiger partial charge in [0.05, 0.1) is 37.6 Å². The van der Waals surface area contributed by atoms with Crippen molar-refractivity contribution in [2.24, 2.45) is 0 Å². The number of allylic oxidation sites excluding steroid dienone is 1. The van der Waals surface area contributed by atoms with Crippen LogP contribution in [0.15, 0.2) is 74.4 Å². The van der Waals surface area contributed by atoms with E-state index in [1.807, 2.05) is 19.9 Å². The molecule has 3 heterocycles. The van der Waals surface area contributed by atoms with Gasteiger partial charge in [-0.2, -0.15) is 0 Å². The molecule has 0 radical (unpaired) electrons. The first-order valence-electron chi connectivity index (χ1n) is 11.8. The van der Waals surface area contributed by atoms with Crippen molar-refractivity contribution in [3.8, 4) is 0 Å². The van der Waals surface area contributed by atoms with Crippen molar-refractivity contribution in [2.75, 3.05) is 12.4 Å². The minimum Gasteiger partial charge on any atom is -0.467 e. The first-order chi connectivity index (χ1) is 18.2. The molecule has 0 atom stereocenters. The summed E-state index contributed by atoms with van der Waals surface area (Å²) in [7, 11) is 1.24. The summed E-state index contributed by atoms with van der Waals surface area (Å²) in [6.07, 6.45) is 2.95. The van der Waals surface area contributed by atoms with Gasteiger partial charge in [-0.3, -0.25) is 14.4 Å². The molecule has 2 aromatic heterocycles. The molecule has 38 heavy (non-hydrogen) atoms. The van der Waals surface area contributed by atoms with Crippen LogP contribution in [0.3, 0.4) is 0 Å². The third-order valence-corrected chi connectivity index (χ3v) is 6.16. The lowest BCUT2D eigenvalue weighted by Gasteiger charge is -2.15. The highest BCUT2D eigenvalue weighted by molar-refractivity contribution is 6.39. The van der Waals surface area contributed by atoms with Gasteiger partial charge in [0.15, 0.2) is 0 Å². The van der Waals surface area contributed by atoms with Crippen LogP contribution < -0.4 is 10.6 Å². The van der Waals surface area contributed by atoms with Crippen molar-refractivity contribution in [3.63, 3.8) is 0 Å². The monoisotopic (exact) mass is 517 g/mol. The van der Waals surface area contributed by atoms with E-state index < -0.39 is 23.7 Å². The normalized spacial score (nSPS) is 14.3. The number of nitrogens with one attached hydrogen (secondary N) is 2. The van der Waals surface area contributed by atoms with Crippen LogP contribution in [0.5, 0.6) is 0 Å². The van der Waals surface area contributed by atoms with E-state index in [-0.39, 0.29) is 30.0 Å². The van der Waals surface area contributed by atoms with Crippen LogP contribution >= 0.6 is 0 Å². The second-order valence-electron chi connectivity index (χ2n) is 8.72. The lowest BCUT2D eigenvalue weighted by molar-refractivity contribution is -0.136. The first-order valence-corrected chi connectivity index (χ1v) is 11.8. The number of nitrogens with zero attached hydrogens (tertiary/aromatic N) is 1. The van der Waals surface area contributed by atoms with E-state index in [1.165, 1.54) is 24.3 Å². The topological polar surface area (TPSA) is 131 Å². The zero-order valence-electron chi connectivity index (χ0n) is 21.4. The maximum Gasteiger partial charge on any atom is 0.340 e. The van der Waals surface area contributed by atoms with Gasteiger partial charge in [-0.1, -0.05) is 6.07 Å². The van der Waals surface area contributed by atoms with Crippen molar-refractivity contribution in [3.05, 3.63) is 94.0 Å². The van der Waals surface area contributed by atoms with E-state index in [2.05, 4.69) is 10.6 Å². The summed E-state index contributed by atoms with van der Waals surface area (Å²) in [5, 5.41) is 5.06. The first kappa shape index (κ1) is 26.2. The van der Waals surface area contributed by atoms with Crippen molar-refractivity contribution in [2.45, 2.75) is 33.9 Å². The Morgan fingerprint density at radius 2 is 1.79 bits per heavy atom. The SMILES string of the molecule is COC(=O)C1=C(C)N(Cc2ccco2)C(=O)/C1=C/c1ccc(CNC(=O)C(=O)Nc2ccc(C)c(C)c2)o1. The van der Waals surface area contributed by atoms with Crippen LogP contribution in [0.25, 0.3) is 6.08 Å². The number of esters is 1. The average Bonchev–Trinajstić information content (AvgIpc) is 3.63. The molecule has 1 aromatic carbocycles. The van der Waals surface area contributed by atoms with Gasteiger partial charge >= 0.3 is 17.8 Å². The predicted molar refractivity (Wildman–Crippen MR) is 137 cm³/mol. The molecule has 2 N–H and O–H groups in total. The van der Waals surface area contributed by atoms with Gasteiger partial charge in [0, 0.05) is 11.4 Å². The van der Waals surface area contributed by atoms with Crippen molar-refractivity contribution in [1.29, 1.82) is 0 Å². The highest BCUT2D eigenvalue weighted by Crippen LogP contribution is 2.33. The number of hydrogen-bond acceptors (Lipinski definition) is 7. The second-order valence-corrected chi connectivity index (χ2v) is 8.72. The van der Waals surface area contributed by atoms with Crippen LogP contribution in [-0.4, -0.2) is 35.7 Å². The molecule has 0 saturated heterocycles. The summed E-state index contributed by atoms with van der Waals surface area (Å²) in [5.74, 6) is -1.51. The van der Waals surface area contributed by atoms with E-state index >= 15 is 0 Å². The zero-order valence-corrected chi connectivity index (χ0v) is 21.4. The van der Waals surface area contributed by atoms with Crippen molar-refractivity contribution >= 4 is 35.5 Å². The molecule has 0 saturated carbocycles. The highest BCUT2D eigenvalue weighted by Gasteiger charge is 2.37. The largest absolute Gasteiger partial charge is 0.467 e. The fourth-order valence-electron chi connectivity index (χ4n) is 3.94. The number of carbonyl (C=O) groups is 4. The molecule has 0 bridgehead atoms. The van der Waals surface area contributed by atoms with Gasteiger partial charge in [-0.05, 0) is 74.4 Å². The smallest absolute Gasteiger partial charge is 0.340 e. The number of furan rings is 2. The van der Waals surface area contributed by atoms with Gasteiger partial charge < -0.3 is 29.1 Å². The van der Waals surface area contributed by atoms with E-state index in [9.17, 15) is 19.2 Å². The summed E-state index contributed by atoms with van der Waals surface area (Å²) in [5.41, 5.74) is 3.25. The van der Waals surface area contributed by atoms with Crippen LogP contribution in [0.4, 0.5) is 5.69 Å². The number of aryl methyl sites for hydroxylation is 2. The van der Waals surface area contributed by atoms with E-state index in [1.54, 1.807) is 43.3 Å². The lowest BCUT2D eigenvalue weighted by atomic mass is 10.1. The summed E-state index contributed by atoms with van der Waals surface area (Å²) >= 11 is 0. The molecule has 0 unspecified atom stereocenters. The Morgan fingerprint density at radius 3 is 2.47 bits per heavy atom. The molecule has 0 fully saturated rings. The number of ether oxygens (including phenoxy) is 1. The van der Waals surface area contributed by atoms with Gasteiger partial charge in [0.25, 0.3) is 5.91 Å². The fourth-order valence-corrected chi connectivity index (χ4v) is 3.94. The van der Waals surface area contributed by atoms with Crippen LogP contribution in [-0.2, 0) is 37.0 Å². The Bertz CT molecular complexity index is 1460. The van der Waals surface area contributed by atoms with Crippen LogP contribution in [0, 0.1) is 13.8 Å². The maximum atomic E-state index is 13.2. The van der Waals surface area contributed by atoms with Crippen LogP contribution in [0.1, 0.15) is 35.3 Å². The molecular formula is C28H27N3O7. The Balaban J connectivity index is 1.44. The minimum absolute atomic E-state index is 0.0559. The fraction of sp³-hybridized carbons (Fsp3) is 0.214. The molecule has 10 nitrogen and oxygen atoms in total. The Kier molecular flexibility index (Phi) is 7.61. The maximum absolute atomic E-state index is 13.2. The second kappa shape index (κ2) is 11.0. The van der Waals surface area contributed by atoms with Crippen molar-refractivity contribution < 1.29 is 32.7 Å². The highest BCUT2D eigenvalue weighted by atomic mass is 16.5. The number of carbonyl (C=O) groups excluding carboxylic acids is 4. The Hall–Kier alpha value is -4.86. The number of benzene rings is 1. The average molecular weight is 518 g/mol. The molecule has 0 spiro atoms. The van der Waals surface area contributed by atoms with Gasteiger partial charge in [0.2, 0.25) is 0 Å². The lowest BCUT2D eigenvalue weighted by Crippen LogP contribution is -2.34.